The van der Waals surface area contributed by atoms with Gasteiger partial charge in [0.05, 0.1) is 0 Å². The number of hydrogen-bond donors (Lipinski definition) is 1. The summed E-state index contributed by atoms with van der Waals surface area (Å²) in [5.41, 5.74) is 0. The highest BCUT2D eigenvalue weighted by Gasteiger charge is 2.13. The van der Waals surface area contributed by atoms with Crippen LogP contribution in [0.15, 0.2) is 0 Å². The van der Waals surface area contributed by atoms with Gasteiger partial charge in [0.2, 0.25) is 5.91 Å². The van der Waals surface area contributed by atoms with Gasteiger partial charge in [-0.3, -0.25) is 4.79 Å². The fraction of sp³-hybridized carbons (Fsp3) is 0.923. The topological polar surface area (TPSA) is 46.4 Å². The van der Waals surface area contributed by atoms with Crippen LogP contribution in [0.4, 0.5) is 0 Å². The van der Waals surface area contributed by atoms with Gasteiger partial charge in [-0.15, -0.1) is 0 Å². The van der Waals surface area contributed by atoms with E-state index in [-0.39, 0.29) is 5.91 Å². The first-order valence-electron chi connectivity index (χ1n) is 6.92. The predicted molar refractivity (Wildman–Crippen MR) is 70.1 cm³/mol. The standard InChI is InChI=1S/C13H26N3O/c1-3-16(4-2)13(17)6-5-9-15-12-7-10-14-11-8-12/h12,15H,3-11H2,1-2H3. The normalized spacial score (nSPS) is 17.1. The molecule has 1 radical (unpaired) electrons. The van der Waals surface area contributed by atoms with E-state index in [0.29, 0.717) is 12.5 Å². The molecule has 1 N–H and O–H groups in total. The molecule has 1 aliphatic heterocycles. The summed E-state index contributed by atoms with van der Waals surface area (Å²) >= 11 is 0. The van der Waals surface area contributed by atoms with Crippen LogP contribution in [0, 0.1) is 0 Å². The number of rotatable bonds is 7. The van der Waals surface area contributed by atoms with Gasteiger partial charge < -0.3 is 10.2 Å². The first kappa shape index (κ1) is 14.5. The Bertz CT molecular complexity index is 211. The van der Waals surface area contributed by atoms with Crippen molar-refractivity contribution >= 4 is 5.91 Å². The fourth-order valence-electron chi connectivity index (χ4n) is 2.23. The van der Waals surface area contributed by atoms with E-state index >= 15 is 0 Å². The molecule has 0 aromatic carbocycles. The third kappa shape index (κ3) is 5.50. The van der Waals surface area contributed by atoms with Crippen molar-refractivity contribution in [2.75, 3.05) is 32.7 Å². The summed E-state index contributed by atoms with van der Waals surface area (Å²) in [5.74, 6) is 0.287. The maximum absolute atomic E-state index is 11.7. The lowest BCUT2D eigenvalue weighted by Crippen LogP contribution is -2.38. The summed E-state index contributed by atoms with van der Waals surface area (Å²) in [7, 11) is 0. The first-order valence-corrected chi connectivity index (χ1v) is 6.92. The Kier molecular flexibility index (Phi) is 7.21. The predicted octanol–water partition coefficient (Wildman–Crippen LogP) is 0.991. The molecule has 1 rings (SSSR count). The molecule has 4 heteroatoms. The minimum absolute atomic E-state index is 0.287. The molecule has 1 fully saturated rings. The molecule has 1 amide bonds. The Morgan fingerprint density at radius 3 is 2.53 bits per heavy atom. The largest absolute Gasteiger partial charge is 0.343 e. The third-order valence-corrected chi connectivity index (χ3v) is 3.39. The van der Waals surface area contributed by atoms with E-state index < -0.39 is 0 Å². The molecule has 17 heavy (non-hydrogen) atoms. The Labute approximate surface area is 105 Å². The molecule has 0 atom stereocenters. The van der Waals surface area contributed by atoms with Crippen LogP contribution in [-0.2, 0) is 4.79 Å². The van der Waals surface area contributed by atoms with Crippen molar-refractivity contribution in [3.8, 4) is 0 Å². The van der Waals surface area contributed by atoms with E-state index in [2.05, 4.69) is 10.6 Å². The molecule has 0 aromatic heterocycles. The van der Waals surface area contributed by atoms with E-state index in [4.69, 9.17) is 0 Å². The maximum Gasteiger partial charge on any atom is 0.222 e. The molecule has 0 spiro atoms. The van der Waals surface area contributed by atoms with Crippen molar-refractivity contribution in [3.63, 3.8) is 0 Å². The van der Waals surface area contributed by atoms with Crippen LogP contribution >= 0.6 is 0 Å². The number of hydrogen-bond acceptors (Lipinski definition) is 2. The molecule has 0 aliphatic carbocycles. The minimum Gasteiger partial charge on any atom is -0.343 e. The van der Waals surface area contributed by atoms with E-state index in [1.165, 1.54) is 0 Å². The van der Waals surface area contributed by atoms with E-state index in [1.807, 2.05) is 18.7 Å². The average molecular weight is 240 g/mol. The zero-order valence-corrected chi connectivity index (χ0v) is 11.2. The maximum atomic E-state index is 11.7. The SMILES string of the molecule is CCN(CC)C(=O)CCCNC1CC[N]CC1. The van der Waals surface area contributed by atoms with Crippen molar-refractivity contribution in [3.05, 3.63) is 0 Å². The van der Waals surface area contributed by atoms with Crippen molar-refractivity contribution < 1.29 is 4.79 Å². The van der Waals surface area contributed by atoms with Gasteiger partial charge in [0.15, 0.2) is 0 Å². The summed E-state index contributed by atoms with van der Waals surface area (Å²) in [6.07, 6.45) is 3.93. The Morgan fingerprint density at radius 2 is 1.94 bits per heavy atom. The number of carbonyl (C=O) groups excluding carboxylic acids is 1. The molecule has 4 nitrogen and oxygen atoms in total. The average Bonchev–Trinajstić information content (AvgIpc) is 2.37. The summed E-state index contributed by atoms with van der Waals surface area (Å²) in [6.45, 7) is 8.67. The monoisotopic (exact) mass is 240 g/mol. The Balaban J connectivity index is 2.04. The first-order chi connectivity index (χ1) is 8.27. The molecule has 0 unspecified atom stereocenters. The number of nitrogens with one attached hydrogen (secondary N) is 1. The molecule has 0 saturated carbocycles. The van der Waals surface area contributed by atoms with Gasteiger partial charge >= 0.3 is 0 Å². The van der Waals surface area contributed by atoms with Gasteiger partial charge in [0.25, 0.3) is 0 Å². The number of nitrogens with zero attached hydrogens (tertiary/aromatic N) is 2. The number of carbonyl (C=O) groups is 1. The van der Waals surface area contributed by atoms with Crippen LogP contribution < -0.4 is 10.6 Å². The second-order valence-electron chi connectivity index (χ2n) is 4.57. The van der Waals surface area contributed by atoms with Crippen molar-refractivity contribution in [1.29, 1.82) is 0 Å². The highest BCUT2D eigenvalue weighted by Crippen LogP contribution is 2.03. The Hall–Kier alpha value is -0.610. The van der Waals surface area contributed by atoms with Crippen LogP contribution in [-0.4, -0.2) is 49.6 Å². The highest BCUT2D eigenvalue weighted by atomic mass is 16.2. The van der Waals surface area contributed by atoms with Crippen LogP contribution in [0.2, 0.25) is 0 Å². The number of amides is 1. The highest BCUT2D eigenvalue weighted by molar-refractivity contribution is 5.76. The van der Waals surface area contributed by atoms with Gasteiger partial charge in [-0.25, -0.2) is 5.32 Å². The smallest absolute Gasteiger partial charge is 0.222 e. The Morgan fingerprint density at radius 1 is 1.29 bits per heavy atom. The van der Waals surface area contributed by atoms with Crippen LogP contribution in [0.1, 0.15) is 39.5 Å². The summed E-state index contributed by atoms with van der Waals surface area (Å²) < 4.78 is 0. The van der Waals surface area contributed by atoms with Crippen LogP contribution in [0.3, 0.4) is 0 Å². The zero-order chi connectivity index (χ0) is 12.5. The molecular formula is C13H26N3O. The number of piperidine rings is 1. The lowest BCUT2D eigenvalue weighted by molar-refractivity contribution is -0.130. The minimum atomic E-state index is 0.287. The van der Waals surface area contributed by atoms with Crippen molar-refractivity contribution in [2.24, 2.45) is 0 Å². The van der Waals surface area contributed by atoms with Gasteiger partial charge in [-0.1, -0.05) is 0 Å². The van der Waals surface area contributed by atoms with Crippen molar-refractivity contribution in [1.82, 2.24) is 15.5 Å². The quantitative estimate of drug-likeness (QED) is 0.675. The second-order valence-corrected chi connectivity index (χ2v) is 4.57. The molecular weight excluding hydrogens is 214 g/mol. The summed E-state index contributed by atoms with van der Waals surface area (Å²) in [4.78, 5) is 13.6. The summed E-state index contributed by atoms with van der Waals surface area (Å²) in [6, 6.07) is 0.621. The molecule has 0 aromatic rings. The summed E-state index contributed by atoms with van der Waals surface area (Å²) in [5, 5.41) is 7.85. The van der Waals surface area contributed by atoms with Crippen LogP contribution in [0.25, 0.3) is 0 Å². The van der Waals surface area contributed by atoms with Crippen molar-refractivity contribution in [2.45, 2.75) is 45.6 Å². The lowest BCUT2D eigenvalue weighted by atomic mass is 10.1. The second kappa shape index (κ2) is 8.48. The van der Waals surface area contributed by atoms with E-state index in [0.717, 1.165) is 52.0 Å². The zero-order valence-electron chi connectivity index (χ0n) is 11.2. The van der Waals surface area contributed by atoms with E-state index in [1.54, 1.807) is 0 Å². The van der Waals surface area contributed by atoms with Gasteiger partial charge in [-0.05, 0) is 39.7 Å². The lowest BCUT2D eigenvalue weighted by Gasteiger charge is -2.23. The van der Waals surface area contributed by atoms with Gasteiger partial charge in [0, 0.05) is 38.6 Å². The van der Waals surface area contributed by atoms with Gasteiger partial charge in [-0.2, -0.15) is 0 Å². The fourth-order valence-corrected chi connectivity index (χ4v) is 2.23. The third-order valence-electron chi connectivity index (χ3n) is 3.39. The van der Waals surface area contributed by atoms with Gasteiger partial charge in [0.1, 0.15) is 0 Å². The molecule has 1 aliphatic rings. The molecule has 1 heterocycles. The van der Waals surface area contributed by atoms with Crippen LogP contribution in [0.5, 0.6) is 0 Å². The molecule has 1 saturated heterocycles. The molecule has 99 valence electrons. The molecule has 0 bridgehead atoms. The van der Waals surface area contributed by atoms with E-state index in [9.17, 15) is 4.79 Å².